The van der Waals surface area contributed by atoms with Crippen LogP contribution in [0.1, 0.15) is 33.5 Å². The Balaban J connectivity index is 1.99. The largest absolute Gasteiger partial charge is 0.493 e. The van der Waals surface area contributed by atoms with Gasteiger partial charge in [0.1, 0.15) is 5.75 Å². The molecular weight excluding hydrogens is 248 g/mol. The van der Waals surface area contributed by atoms with Gasteiger partial charge in [0, 0.05) is 12.0 Å². The van der Waals surface area contributed by atoms with Crippen molar-refractivity contribution in [3.63, 3.8) is 0 Å². The zero-order chi connectivity index (χ0) is 14.5. The number of hydrogen-bond donors (Lipinski definition) is 0. The molecule has 0 bridgehead atoms. The van der Waals surface area contributed by atoms with E-state index < -0.39 is 0 Å². The lowest BCUT2D eigenvalue weighted by atomic mass is 9.95. The summed E-state index contributed by atoms with van der Waals surface area (Å²) in [5, 5.41) is 0. The Morgan fingerprint density at radius 3 is 2.30 bits per heavy atom. The van der Waals surface area contributed by atoms with Crippen LogP contribution in [-0.2, 0) is 0 Å². The standard InChI is InChI=1S/C18H19O2/c1-13-11-14(2)18(15(3)12-13)17(19)9-10-20-16-7-5-4-6-8-16/h5-8,11-12H,9-10H2,1-3H3. The van der Waals surface area contributed by atoms with E-state index in [1.54, 1.807) is 12.1 Å². The second-order valence-electron chi connectivity index (χ2n) is 5.03. The minimum atomic E-state index is 0.141. The van der Waals surface area contributed by atoms with Crippen LogP contribution >= 0.6 is 0 Å². The van der Waals surface area contributed by atoms with Crippen LogP contribution in [0.4, 0.5) is 0 Å². The first-order valence-electron chi connectivity index (χ1n) is 6.78. The Morgan fingerprint density at radius 1 is 1.10 bits per heavy atom. The van der Waals surface area contributed by atoms with Crippen LogP contribution in [0.25, 0.3) is 0 Å². The molecule has 0 aliphatic heterocycles. The van der Waals surface area contributed by atoms with Gasteiger partial charge in [-0.1, -0.05) is 29.8 Å². The Hall–Kier alpha value is -2.09. The summed E-state index contributed by atoms with van der Waals surface area (Å²) in [7, 11) is 0. The predicted octanol–water partition coefficient (Wildman–Crippen LogP) is 4.06. The van der Waals surface area contributed by atoms with Crippen molar-refractivity contribution >= 4 is 5.78 Å². The molecule has 0 aliphatic rings. The topological polar surface area (TPSA) is 26.3 Å². The lowest BCUT2D eigenvalue weighted by Crippen LogP contribution is -2.10. The first-order chi connectivity index (χ1) is 9.58. The van der Waals surface area contributed by atoms with Gasteiger partial charge >= 0.3 is 0 Å². The molecule has 0 aromatic heterocycles. The molecule has 0 amide bonds. The summed E-state index contributed by atoms with van der Waals surface area (Å²) in [6, 6.07) is 14.3. The fourth-order valence-electron chi connectivity index (χ4n) is 2.47. The van der Waals surface area contributed by atoms with Gasteiger partial charge in [-0.3, -0.25) is 4.79 Å². The summed E-state index contributed by atoms with van der Waals surface area (Å²) in [6.07, 6.45) is 0.392. The third-order valence-corrected chi connectivity index (χ3v) is 3.24. The van der Waals surface area contributed by atoms with Crippen LogP contribution in [0, 0.1) is 26.8 Å². The fraction of sp³-hybridized carbons (Fsp3) is 0.278. The Kier molecular flexibility index (Phi) is 4.57. The van der Waals surface area contributed by atoms with Crippen molar-refractivity contribution in [3.05, 3.63) is 64.7 Å². The van der Waals surface area contributed by atoms with Gasteiger partial charge in [0.05, 0.1) is 6.61 Å². The van der Waals surface area contributed by atoms with E-state index in [1.165, 1.54) is 5.56 Å². The average molecular weight is 267 g/mol. The summed E-state index contributed by atoms with van der Waals surface area (Å²) in [4.78, 5) is 12.3. The van der Waals surface area contributed by atoms with E-state index in [9.17, 15) is 4.79 Å². The fourth-order valence-corrected chi connectivity index (χ4v) is 2.47. The van der Waals surface area contributed by atoms with Crippen molar-refractivity contribution in [2.45, 2.75) is 27.2 Å². The summed E-state index contributed by atoms with van der Waals surface area (Å²) in [6.45, 7) is 6.42. The monoisotopic (exact) mass is 267 g/mol. The highest BCUT2D eigenvalue weighted by Crippen LogP contribution is 2.18. The van der Waals surface area contributed by atoms with E-state index in [0.29, 0.717) is 13.0 Å². The van der Waals surface area contributed by atoms with Crippen molar-refractivity contribution in [2.75, 3.05) is 6.61 Å². The van der Waals surface area contributed by atoms with Crippen LogP contribution in [0.2, 0.25) is 0 Å². The SMILES string of the molecule is Cc1cc(C)c(C(=O)CCOc2cc[c]cc2)c(C)c1. The normalized spacial score (nSPS) is 10.3. The molecule has 1 radical (unpaired) electrons. The molecular formula is C18H19O2. The van der Waals surface area contributed by atoms with E-state index in [4.69, 9.17) is 4.74 Å². The number of aryl methyl sites for hydroxylation is 3. The summed E-state index contributed by atoms with van der Waals surface area (Å²) in [5.41, 5.74) is 4.11. The molecule has 2 aromatic carbocycles. The van der Waals surface area contributed by atoms with Gasteiger partial charge in [0.25, 0.3) is 0 Å². The Bertz CT molecular complexity index is 577. The van der Waals surface area contributed by atoms with Gasteiger partial charge in [0.15, 0.2) is 5.78 Å². The van der Waals surface area contributed by atoms with E-state index in [0.717, 1.165) is 22.4 Å². The maximum absolute atomic E-state index is 12.3. The highest BCUT2D eigenvalue weighted by atomic mass is 16.5. The number of ether oxygens (including phenoxy) is 1. The third-order valence-electron chi connectivity index (χ3n) is 3.24. The predicted molar refractivity (Wildman–Crippen MR) is 80.4 cm³/mol. The highest BCUT2D eigenvalue weighted by Gasteiger charge is 2.12. The molecule has 0 atom stereocenters. The molecule has 20 heavy (non-hydrogen) atoms. The smallest absolute Gasteiger partial charge is 0.166 e. The maximum atomic E-state index is 12.3. The van der Waals surface area contributed by atoms with Crippen molar-refractivity contribution in [2.24, 2.45) is 0 Å². The first-order valence-corrected chi connectivity index (χ1v) is 6.78. The number of rotatable bonds is 5. The van der Waals surface area contributed by atoms with E-state index in [1.807, 2.05) is 45.0 Å². The summed E-state index contributed by atoms with van der Waals surface area (Å²) >= 11 is 0. The molecule has 2 heteroatoms. The average Bonchev–Trinajstić information content (AvgIpc) is 2.38. The van der Waals surface area contributed by atoms with Gasteiger partial charge in [-0.25, -0.2) is 0 Å². The number of Topliss-reactive ketones (excluding diaryl/α,β-unsaturated/α-hetero) is 1. The Morgan fingerprint density at radius 2 is 1.70 bits per heavy atom. The van der Waals surface area contributed by atoms with Gasteiger partial charge in [0.2, 0.25) is 0 Å². The van der Waals surface area contributed by atoms with Crippen LogP contribution in [-0.4, -0.2) is 12.4 Å². The lowest BCUT2D eigenvalue weighted by molar-refractivity contribution is 0.0961. The number of carbonyl (C=O) groups is 1. The maximum Gasteiger partial charge on any atom is 0.166 e. The van der Waals surface area contributed by atoms with Crippen molar-refractivity contribution < 1.29 is 9.53 Å². The molecule has 0 saturated carbocycles. The zero-order valence-corrected chi connectivity index (χ0v) is 12.2. The van der Waals surface area contributed by atoms with Crippen LogP contribution in [0.3, 0.4) is 0 Å². The summed E-state index contributed by atoms with van der Waals surface area (Å²) < 4.78 is 5.56. The lowest BCUT2D eigenvalue weighted by Gasteiger charge is -2.11. The third kappa shape index (κ3) is 3.47. The van der Waals surface area contributed by atoms with E-state index in [2.05, 4.69) is 6.07 Å². The molecule has 2 nitrogen and oxygen atoms in total. The van der Waals surface area contributed by atoms with Gasteiger partial charge in [-0.2, -0.15) is 0 Å². The van der Waals surface area contributed by atoms with Crippen LogP contribution in [0.5, 0.6) is 5.75 Å². The number of ketones is 1. The van der Waals surface area contributed by atoms with Crippen molar-refractivity contribution in [3.8, 4) is 5.75 Å². The minimum absolute atomic E-state index is 0.141. The molecule has 0 spiro atoms. The molecule has 2 aromatic rings. The van der Waals surface area contributed by atoms with Gasteiger partial charge in [-0.05, 0) is 50.1 Å². The quantitative estimate of drug-likeness (QED) is 0.763. The van der Waals surface area contributed by atoms with Crippen molar-refractivity contribution in [1.29, 1.82) is 0 Å². The summed E-state index contributed by atoms with van der Waals surface area (Å²) in [5.74, 6) is 0.913. The van der Waals surface area contributed by atoms with Crippen LogP contribution < -0.4 is 4.74 Å². The first kappa shape index (κ1) is 14.3. The molecule has 0 saturated heterocycles. The molecule has 0 fully saturated rings. The zero-order valence-electron chi connectivity index (χ0n) is 12.2. The van der Waals surface area contributed by atoms with Gasteiger partial charge < -0.3 is 4.74 Å². The number of carbonyl (C=O) groups excluding carboxylic acids is 1. The van der Waals surface area contributed by atoms with Gasteiger partial charge in [-0.15, -0.1) is 0 Å². The molecule has 0 N–H and O–H groups in total. The van der Waals surface area contributed by atoms with Crippen LogP contribution in [0.15, 0.2) is 36.4 Å². The van der Waals surface area contributed by atoms with E-state index >= 15 is 0 Å². The van der Waals surface area contributed by atoms with E-state index in [-0.39, 0.29) is 5.78 Å². The second-order valence-corrected chi connectivity index (χ2v) is 5.03. The minimum Gasteiger partial charge on any atom is -0.493 e. The molecule has 0 heterocycles. The molecule has 103 valence electrons. The highest BCUT2D eigenvalue weighted by molar-refractivity contribution is 5.98. The Labute approximate surface area is 120 Å². The number of hydrogen-bond acceptors (Lipinski definition) is 2. The van der Waals surface area contributed by atoms with Crippen molar-refractivity contribution in [1.82, 2.24) is 0 Å². The second kappa shape index (κ2) is 6.38. The molecule has 2 rings (SSSR count). The molecule has 0 aliphatic carbocycles. The molecule has 0 unspecified atom stereocenters. The number of benzene rings is 2.